The Balaban J connectivity index is 1.68. The van der Waals surface area contributed by atoms with E-state index in [9.17, 15) is 10.1 Å². The fraction of sp³-hybridized carbons (Fsp3) is 0.370. The third-order valence-corrected chi connectivity index (χ3v) is 7.28. The molecule has 2 heterocycles. The zero-order chi connectivity index (χ0) is 26.4. The number of methoxy groups -OCH3 is 1. The topological polar surface area (TPSA) is 101 Å². The van der Waals surface area contributed by atoms with Gasteiger partial charge in [0.15, 0.2) is 0 Å². The van der Waals surface area contributed by atoms with Crippen molar-refractivity contribution < 1.29 is 14.3 Å². The molecule has 1 aromatic heterocycles. The Morgan fingerprint density at radius 1 is 1.19 bits per heavy atom. The van der Waals surface area contributed by atoms with Crippen LogP contribution in [-0.4, -0.2) is 42.7 Å². The molecule has 2 aromatic carbocycles. The number of anilines is 2. The van der Waals surface area contributed by atoms with Crippen molar-refractivity contribution in [1.82, 2.24) is 9.78 Å². The third kappa shape index (κ3) is 5.91. The van der Waals surface area contributed by atoms with Crippen molar-refractivity contribution >= 4 is 40.7 Å². The highest BCUT2D eigenvalue weighted by atomic mass is 35.5. The largest absolute Gasteiger partial charge is 0.385 e. The van der Waals surface area contributed by atoms with E-state index in [-0.39, 0.29) is 0 Å². The summed E-state index contributed by atoms with van der Waals surface area (Å²) in [6, 6.07) is 14.9. The number of halogens is 2. The van der Waals surface area contributed by atoms with E-state index in [1.54, 1.807) is 23.9 Å². The van der Waals surface area contributed by atoms with E-state index < -0.39 is 11.4 Å². The van der Waals surface area contributed by atoms with Crippen LogP contribution in [0.25, 0.3) is 5.69 Å². The SMILES string of the molecule is COCCCc1cc(Cl)c(Cl)cc1NC(=O)Nc1c(C)c(C2(C#N)CCOCC2)nn1-c1ccccc1. The number of aryl methyl sites for hydroxylation is 1. The predicted molar refractivity (Wildman–Crippen MR) is 145 cm³/mol. The summed E-state index contributed by atoms with van der Waals surface area (Å²) in [5.74, 6) is 0.487. The van der Waals surface area contributed by atoms with E-state index in [2.05, 4.69) is 16.7 Å². The summed E-state index contributed by atoms with van der Waals surface area (Å²) >= 11 is 12.5. The van der Waals surface area contributed by atoms with E-state index in [1.165, 1.54) is 0 Å². The molecule has 0 unspecified atom stereocenters. The number of ether oxygens (including phenoxy) is 2. The van der Waals surface area contributed by atoms with Gasteiger partial charge in [-0.15, -0.1) is 0 Å². The average molecular weight is 542 g/mol. The predicted octanol–water partition coefficient (Wildman–Crippen LogP) is 6.28. The molecule has 0 saturated carbocycles. The van der Waals surface area contributed by atoms with Gasteiger partial charge in [-0.2, -0.15) is 10.4 Å². The van der Waals surface area contributed by atoms with Gasteiger partial charge in [0.25, 0.3) is 0 Å². The maximum atomic E-state index is 13.3. The first-order valence-corrected chi connectivity index (χ1v) is 12.8. The van der Waals surface area contributed by atoms with Gasteiger partial charge in [0.05, 0.1) is 27.5 Å². The van der Waals surface area contributed by atoms with Crippen molar-refractivity contribution in [3.63, 3.8) is 0 Å². The lowest BCUT2D eigenvalue weighted by Gasteiger charge is -2.29. The normalized spacial score (nSPS) is 14.7. The van der Waals surface area contributed by atoms with Gasteiger partial charge < -0.3 is 14.8 Å². The first-order valence-electron chi connectivity index (χ1n) is 12.1. The molecule has 2 N–H and O–H groups in total. The smallest absolute Gasteiger partial charge is 0.324 e. The first-order chi connectivity index (χ1) is 17.9. The van der Waals surface area contributed by atoms with Crippen LogP contribution in [0.15, 0.2) is 42.5 Å². The van der Waals surface area contributed by atoms with Gasteiger partial charge in [0, 0.05) is 38.2 Å². The van der Waals surface area contributed by atoms with Crippen LogP contribution in [0, 0.1) is 18.3 Å². The molecule has 0 radical (unpaired) electrons. The number of para-hydroxylation sites is 1. The van der Waals surface area contributed by atoms with Gasteiger partial charge in [-0.3, -0.25) is 5.32 Å². The number of nitrogens with zero attached hydrogens (tertiary/aromatic N) is 3. The van der Waals surface area contributed by atoms with Crippen LogP contribution in [0.3, 0.4) is 0 Å². The van der Waals surface area contributed by atoms with Gasteiger partial charge in [-0.25, -0.2) is 9.48 Å². The van der Waals surface area contributed by atoms with Crippen molar-refractivity contribution in [2.45, 2.75) is 38.0 Å². The maximum absolute atomic E-state index is 13.3. The minimum atomic E-state index is -0.784. The second-order valence-electron chi connectivity index (χ2n) is 8.97. The molecule has 1 aliphatic heterocycles. The van der Waals surface area contributed by atoms with Crippen molar-refractivity contribution in [1.29, 1.82) is 5.26 Å². The Morgan fingerprint density at radius 2 is 1.89 bits per heavy atom. The molecule has 1 aliphatic rings. The quantitative estimate of drug-likeness (QED) is 0.326. The molecule has 37 heavy (non-hydrogen) atoms. The van der Waals surface area contributed by atoms with Crippen molar-refractivity contribution in [2.24, 2.45) is 0 Å². The highest BCUT2D eigenvalue weighted by Crippen LogP contribution is 2.38. The molecule has 0 bridgehead atoms. The summed E-state index contributed by atoms with van der Waals surface area (Å²) in [7, 11) is 1.64. The zero-order valence-corrected chi connectivity index (χ0v) is 22.3. The van der Waals surface area contributed by atoms with Crippen LogP contribution >= 0.6 is 23.2 Å². The molecule has 0 aliphatic carbocycles. The molecule has 194 valence electrons. The molecular formula is C27H29Cl2N5O3. The molecular weight excluding hydrogens is 513 g/mol. The lowest BCUT2D eigenvalue weighted by atomic mass is 9.77. The summed E-state index contributed by atoms with van der Waals surface area (Å²) in [6.45, 7) is 3.42. The molecule has 4 rings (SSSR count). The summed E-state index contributed by atoms with van der Waals surface area (Å²) in [5, 5.41) is 21.6. The summed E-state index contributed by atoms with van der Waals surface area (Å²) in [6.07, 6.45) is 2.48. The molecule has 2 amide bonds. The maximum Gasteiger partial charge on any atom is 0.324 e. The van der Waals surface area contributed by atoms with Crippen LogP contribution in [0.2, 0.25) is 10.0 Å². The van der Waals surface area contributed by atoms with Crippen molar-refractivity contribution in [2.75, 3.05) is 37.6 Å². The number of nitrogens with one attached hydrogen (secondary N) is 2. The Labute approximate surface area is 226 Å². The lowest BCUT2D eigenvalue weighted by Crippen LogP contribution is -2.33. The number of hydrogen-bond donors (Lipinski definition) is 2. The van der Waals surface area contributed by atoms with Gasteiger partial charge in [0.2, 0.25) is 0 Å². The van der Waals surface area contributed by atoms with E-state index in [1.807, 2.05) is 37.3 Å². The molecule has 1 saturated heterocycles. The van der Waals surface area contributed by atoms with Gasteiger partial charge in [0.1, 0.15) is 11.2 Å². The molecule has 1 fully saturated rings. The minimum absolute atomic E-state index is 0.343. The number of nitriles is 1. The number of benzene rings is 2. The number of carbonyl (C=O) groups is 1. The van der Waals surface area contributed by atoms with Crippen LogP contribution < -0.4 is 10.6 Å². The van der Waals surface area contributed by atoms with E-state index in [4.69, 9.17) is 37.8 Å². The van der Waals surface area contributed by atoms with Crippen LogP contribution in [0.1, 0.15) is 36.1 Å². The number of amides is 2. The molecule has 10 heteroatoms. The molecule has 0 spiro atoms. The molecule has 8 nitrogen and oxygen atoms in total. The molecule has 3 aromatic rings. The van der Waals surface area contributed by atoms with Crippen molar-refractivity contribution in [3.05, 3.63) is 69.3 Å². The summed E-state index contributed by atoms with van der Waals surface area (Å²) < 4.78 is 12.3. The van der Waals surface area contributed by atoms with E-state index in [0.717, 1.165) is 23.2 Å². The van der Waals surface area contributed by atoms with E-state index >= 15 is 0 Å². The number of aromatic nitrogens is 2. The second kappa shape index (κ2) is 12.0. The average Bonchev–Trinajstić information content (AvgIpc) is 3.24. The Hall–Kier alpha value is -3.09. The fourth-order valence-corrected chi connectivity index (χ4v) is 4.90. The van der Waals surface area contributed by atoms with Crippen LogP contribution in [0.5, 0.6) is 0 Å². The fourth-order valence-electron chi connectivity index (χ4n) is 4.55. The summed E-state index contributed by atoms with van der Waals surface area (Å²) in [4.78, 5) is 13.3. The first kappa shape index (κ1) is 27.0. The van der Waals surface area contributed by atoms with Gasteiger partial charge >= 0.3 is 6.03 Å². The minimum Gasteiger partial charge on any atom is -0.385 e. The Kier molecular flexibility index (Phi) is 8.72. The Morgan fingerprint density at radius 3 is 2.57 bits per heavy atom. The second-order valence-corrected chi connectivity index (χ2v) is 9.79. The third-order valence-electron chi connectivity index (χ3n) is 6.56. The number of hydrogen-bond acceptors (Lipinski definition) is 5. The highest BCUT2D eigenvalue weighted by molar-refractivity contribution is 6.42. The highest BCUT2D eigenvalue weighted by Gasteiger charge is 2.40. The van der Waals surface area contributed by atoms with Gasteiger partial charge in [-0.05, 0) is 62.4 Å². The van der Waals surface area contributed by atoms with E-state index in [0.29, 0.717) is 66.3 Å². The molecule has 0 atom stereocenters. The van der Waals surface area contributed by atoms with Crippen LogP contribution in [-0.2, 0) is 21.3 Å². The lowest BCUT2D eigenvalue weighted by molar-refractivity contribution is 0.0661. The number of carbonyl (C=O) groups excluding carboxylic acids is 1. The van der Waals surface area contributed by atoms with Crippen LogP contribution in [0.4, 0.5) is 16.3 Å². The van der Waals surface area contributed by atoms with Crippen molar-refractivity contribution in [3.8, 4) is 11.8 Å². The monoisotopic (exact) mass is 541 g/mol. The standard InChI is InChI=1S/C27H29Cl2N5O3/c1-18-24(27(17-30)10-13-37-14-11-27)33-34(20-8-4-3-5-9-20)25(18)32-26(35)31-23-16-22(29)21(28)15-19(23)7-6-12-36-2/h3-5,8-9,15-16H,6-7,10-14H2,1-2H3,(H2,31,32,35). The summed E-state index contributed by atoms with van der Waals surface area (Å²) in [5.41, 5.74) is 2.77. The van der Waals surface area contributed by atoms with Gasteiger partial charge in [-0.1, -0.05) is 41.4 Å². The number of urea groups is 1. The Bertz CT molecular complexity index is 1300. The zero-order valence-electron chi connectivity index (χ0n) is 20.8. The number of rotatable bonds is 8.